The number of hydrogen-bond donors (Lipinski definition) is 0. The maximum absolute atomic E-state index is 14.2. The van der Waals surface area contributed by atoms with E-state index in [4.69, 9.17) is 33.2 Å². The Bertz CT molecular complexity index is 1900. The largest absolute Gasteiger partial charge is 0.489 e. The molecule has 53 heavy (non-hydrogen) atoms. The van der Waals surface area contributed by atoms with Gasteiger partial charge in [-0.3, -0.25) is 9.80 Å². The Morgan fingerprint density at radius 3 is 2.51 bits per heavy atom. The number of ether oxygens (including phenoxy) is 7. The van der Waals surface area contributed by atoms with Crippen LogP contribution in [0, 0.1) is 11.8 Å². The zero-order chi connectivity index (χ0) is 36.5. The van der Waals surface area contributed by atoms with Crippen LogP contribution in [0.2, 0.25) is 0 Å². The van der Waals surface area contributed by atoms with Crippen molar-refractivity contribution < 1.29 is 38.0 Å². The van der Waals surface area contributed by atoms with Gasteiger partial charge in [0.15, 0.2) is 17.8 Å². The Morgan fingerprint density at radius 1 is 0.906 bits per heavy atom. The van der Waals surface area contributed by atoms with Crippen molar-refractivity contribution in [3.63, 3.8) is 0 Å². The summed E-state index contributed by atoms with van der Waals surface area (Å²) >= 11 is 0. The second-order valence-corrected chi connectivity index (χ2v) is 15.6. The maximum atomic E-state index is 14.2. The summed E-state index contributed by atoms with van der Waals surface area (Å²) in [4.78, 5) is 18.5. The van der Waals surface area contributed by atoms with Crippen molar-refractivity contribution in [1.29, 1.82) is 0 Å². The van der Waals surface area contributed by atoms with Gasteiger partial charge in [0, 0.05) is 19.6 Å². The summed E-state index contributed by atoms with van der Waals surface area (Å²) in [6.07, 6.45) is 0.0781. The van der Waals surface area contributed by atoms with Gasteiger partial charge in [0.2, 0.25) is 6.79 Å². The number of nitrogens with zero attached hydrogens (tertiary/aromatic N) is 2. The molecular weight excluding hydrogens is 672 g/mol. The van der Waals surface area contributed by atoms with Gasteiger partial charge in [-0.2, -0.15) is 0 Å². The molecule has 4 aliphatic rings. The highest BCUT2D eigenvalue weighted by atomic mass is 16.7. The molecular formula is C43H50N2O8. The first-order valence-electron chi connectivity index (χ1n) is 18.9. The van der Waals surface area contributed by atoms with Gasteiger partial charge in [-0.05, 0) is 90.4 Å². The Labute approximate surface area is 311 Å². The van der Waals surface area contributed by atoms with Crippen LogP contribution < -0.4 is 14.2 Å². The second kappa shape index (κ2) is 15.2. The molecule has 5 unspecified atom stereocenters. The number of amides is 1. The maximum Gasteiger partial charge on any atom is 0.412 e. The number of hydrogen-bond acceptors (Lipinski definition) is 9. The molecule has 0 radical (unpaired) electrons. The van der Waals surface area contributed by atoms with Crippen molar-refractivity contribution in [3.05, 3.63) is 102 Å². The zero-order valence-corrected chi connectivity index (χ0v) is 31.1. The van der Waals surface area contributed by atoms with Crippen molar-refractivity contribution in [2.75, 3.05) is 33.1 Å². The van der Waals surface area contributed by atoms with Crippen LogP contribution in [0.3, 0.4) is 0 Å². The molecule has 5 atom stereocenters. The molecule has 4 aromatic carbocycles. The minimum Gasteiger partial charge on any atom is -0.489 e. The van der Waals surface area contributed by atoms with Crippen LogP contribution >= 0.6 is 0 Å². The first kappa shape index (κ1) is 35.7. The minimum absolute atomic E-state index is 0.0465. The van der Waals surface area contributed by atoms with Crippen LogP contribution in [0.5, 0.6) is 17.2 Å². The Hall–Kier alpha value is -4.35. The average molecular weight is 723 g/mol. The van der Waals surface area contributed by atoms with Crippen molar-refractivity contribution in [1.82, 2.24) is 9.80 Å². The molecule has 4 aliphatic heterocycles. The molecule has 10 heteroatoms. The molecule has 0 N–H and O–H groups in total. The molecule has 10 nitrogen and oxygen atoms in total. The molecule has 0 aromatic heterocycles. The molecule has 3 saturated heterocycles. The quantitative estimate of drug-likeness (QED) is 0.147. The third-order valence-corrected chi connectivity index (χ3v) is 10.7. The fourth-order valence-electron chi connectivity index (χ4n) is 8.27. The topological polar surface area (TPSA) is 88.2 Å². The van der Waals surface area contributed by atoms with Crippen LogP contribution in [0.15, 0.2) is 84.9 Å². The third-order valence-electron chi connectivity index (χ3n) is 10.7. The van der Waals surface area contributed by atoms with Gasteiger partial charge in [-0.25, -0.2) is 4.79 Å². The summed E-state index contributed by atoms with van der Waals surface area (Å²) in [5.74, 6) is 2.80. The lowest BCUT2D eigenvalue weighted by molar-refractivity contribution is -0.0912. The van der Waals surface area contributed by atoms with Gasteiger partial charge >= 0.3 is 6.09 Å². The predicted molar refractivity (Wildman–Crippen MR) is 200 cm³/mol. The molecule has 0 bridgehead atoms. The van der Waals surface area contributed by atoms with E-state index in [9.17, 15) is 4.79 Å². The number of fused-ring (bicyclic) bond motifs is 3. The predicted octanol–water partition coefficient (Wildman–Crippen LogP) is 7.55. The summed E-state index contributed by atoms with van der Waals surface area (Å²) in [5.41, 5.74) is 2.43. The standard InChI is InChI=1S/C43H50N2O8/c1-28(2)22-44(23-30-12-16-37-38(21-30)51-27-50-37)24-39-36(45(43(3,4)53-39)42(46)52-40-26-49-41-35(40)17-18-47-41)20-29-10-14-34(15-11-29)48-25-31-9-13-32-7-5-6-8-33(32)19-31/h5-16,19,21,28,35-36,39-41H,17-18,20,22-27H2,1-4H3. The Kier molecular flexibility index (Phi) is 10.2. The summed E-state index contributed by atoms with van der Waals surface area (Å²) in [6.45, 7) is 12.2. The highest BCUT2D eigenvalue weighted by Gasteiger charge is 2.52. The van der Waals surface area contributed by atoms with Gasteiger partial charge in [-0.15, -0.1) is 0 Å². The Morgan fingerprint density at radius 2 is 1.68 bits per heavy atom. The number of benzene rings is 4. The normalized spacial score (nSPS) is 24.3. The van der Waals surface area contributed by atoms with Crippen molar-refractivity contribution >= 4 is 16.9 Å². The van der Waals surface area contributed by atoms with Gasteiger partial charge in [0.25, 0.3) is 0 Å². The monoisotopic (exact) mass is 722 g/mol. The van der Waals surface area contributed by atoms with Crippen LogP contribution in [0.4, 0.5) is 4.79 Å². The van der Waals surface area contributed by atoms with E-state index in [1.807, 2.05) is 36.9 Å². The molecule has 8 rings (SSSR count). The summed E-state index contributed by atoms with van der Waals surface area (Å²) in [7, 11) is 0. The van der Waals surface area contributed by atoms with E-state index in [2.05, 4.69) is 85.5 Å². The first-order chi connectivity index (χ1) is 25.7. The molecule has 3 fully saturated rings. The van der Waals surface area contributed by atoms with Gasteiger partial charge in [-0.1, -0.05) is 68.4 Å². The van der Waals surface area contributed by atoms with Crippen molar-refractivity contribution in [2.45, 2.75) is 84.0 Å². The molecule has 0 spiro atoms. The van der Waals surface area contributed by atoms with Crippen LogP contribution in [-0.4, -0.2) is 79.3 Å². The summed E-state index contributed by atoms with van der Waals surface area (Å²) in [5, 5.41) is 2.41. The third kappa shape index (κ3) is 7.97. The SMILES string of the molecule is CC(C)CN(Cc1ccc2c(c1)OCO2)CC1OC(C)(C)N(C(=O)OC2COC3OCCC23)C1Cc1ccc(OCc2ccc3ccccc3c2)cc1. The molecule has 0 saturated carbocycles. The molecule has 4 aromatic rings. The van der Waals surface area contributed by atoms with E-state index >= 15 is 0 Å². The molecule has 280 valence electrons. The lowest BCUT2D eigenvalue weighted by Crippen LogP contribution is -2.51. The number of carbonyl (C=O) groups is 1. The summed E-state index contributed by atoms with van der Waals surface area (Å²) < 4.78 is 42.0. The first-order valence-corrected chi connectivity index (χ1v) is 18.9. The van der Waals surface area contributed by atoms with E-state index < -0.39 is 5.72 Å². The highest BCUT2D eigenvalue weighted by molar-refractivity contribution is 5.83. The van der Waals surface area contributed by atoms with Gasteiger partial charge in [0.05, 0.1) is 31.3 Å². The van der Waals surface area contributed by atoms with E-state index in [1.54, 1.807) is 0 Å². The van der Waals surface area contributed by atoms with Crippen LogP contribution in [-0.2, 0) is 38.5 Å². The summed E-state index contributed by atoms with van der Waals surface area (Å²) in [6, 6.07) is 28.8. The van der Waals surface area contributed by atoms with E-state index in [0.29, 0.717) is 45.2 Å². The van der Waals surface area contributed by atoms with Crippen LogP contribution in [0.1, 0.15) is 50.8 Å². The minimum atomic E-state index is -0.900. The zero-order valence-electron chi connectivity index (χ0n) is 31.1. The Balaban J connectivity index is 1.01. The van der Waals surface area contributed by atoms with Crippen molar-refractivity contribution in [2.24, 2.45) is 11.8 Å². The molecule has 4 heterocycles. The fraction of sp³-hybridized carbons (Fsp3) is 0.465. The van der Waals surface area contributed by atoms with E-state index in [0.717, 1.165) is 46.9 Å². The van der Waals surface area contributed by atoms with E-state index in [-0.39, 0.29) is 43.3 Å². The second-order valence-electron chi connectivity index (χ2n) is 15.6. The number of rotatable bonds is 12. The lowest BCUT2D eigenvalue weighted by atomic mass is 9.99. The number of carbonyl (C=O) groups excluding carboxylic acids is 1. The van der Waals surface area contributed by atoms with E-state index in [1.165, 1.54) is 10.8 Å². The highest BCUT2D eigenvalue weighted by Crippen LogP contribution is 2.39. The average Bonchev–Trinajstić information content (AvgIpc) is 3.93. The van der Waals surface area contributed by atoms with Crippen molar-refractivity contribution in [3.8, 4) is 17.2 Å². The molecule has 1 amide bonds. The smallest absolute Gasteiger partial charge is 0.412 e. The molecule has 0 aliphatic carbocycles. The lowest BCUT2D eigenvalue weighted by Gasteiger charge is -2.34. The fourth-order valence-corrected chi connectivity index (χ4v) is 8.27. The van der Waals surface area contributed by atoms with Crippen LogP contribution in [0.25, 0.3) is 10.8 Å². The van der Waals surface area contributed by atoms with Gasteiger partial charge in [0.1, 0.15) is 24.2 Å². The van der Waals surface area contributed by atoms with Gasteiger partial charge < -0.3 is 33.2 Å².